The molecule has 2 aliphatic heterocycles. The van der Waals surface area contributed by atoms with E-state index < -0.39 is 11.9 Å². The summed E-state index contributed by atoms with van der Waals surface area (Å²) in [4.78, 5) is 54.2. The third-order valence-electron chi connectivity index (χ3n) is 7.10. The zero-order valence-corrected chi connectivity index (χ0v) is 20.2. The first kappa shape index (κ1) is 23.3. The van der Waals surface area contributed by atoms with Crippen molar-refractivity contribution in [2.75, 3.05) is 16.3 Å². The lowest BCUT2D eigenvalue weighted by molar-refractivity contribution is -0.139. The van der Waals surface area contributed by atoms with Crippen LogP contribution in [0, 0.1) is 30.6 Å². The smallest absolute Gasteiger partial charge is 0.316 e. The number of ether oxygens (including phenoxy) is 1. The number of anilines is 2. The van der Waals surface area contributed by atoms with Gasteiger partial charge in [-0.1, -0.05) is 42.8 Å². The minimum atomic E-state index is -0.627. The molecular formula is C27H25ClN2O5. The number of aryl methyl sites for hydroxylation is 1. The van der Waals surface area contributed by atoms with Gasteiger partial charge >= 0.3 is 5.97 Å². The molecule has 8 heteroatoms. The fraction of sp³-hybridized carbons (Fsp3) is 0.333. The van der Waals surface area contributed by atoms with Gasteiger partial charge in [0.2, 0.25) is 17.7 Å². The number of imide groups is 1. The molecule has 7 nitrogen and oxygen atoms in total. The first-order valence-electron chi connectivity index (χ1n) is 11.7. The van der Waals surface area contributed by atoms with E-state index in [9.17, 15) is 19.2 Å². The minimum absolute atomic E-state index is 0.00943. The number of nitrogens with zero attached hydrogens (tertiary/aromatic N) is 2. The number of esters is 1. The lowest BCUT2D eigenvalue weighted by atomic mass is 9.78. The van der Waals surface area contributed by atoms with Gasteiger partial charge in [-0.05, 0) is 55.2 Å². The highest BCUT2D eigenvalue weighted by Crippen LogP contribution is 2.41. The minimum Gasteiger partial charge on any atom is -0.426 e. The Morgan fingerprint density at radius 2 is 1.83 bits per heavy atom. The highest BCUT2D eigenvalue weighted by molar-refractivity contribution is 6.34. The number of fused-ring (bicyclic) bond motifs is 1. The van der Waals surface area contributed by atoms with Gasteiger partial charge in [0.25, 0.3) is 0 Å². The summed E-state index contributed by atoms with van der Waals surface area (Å²) < 4.78 is 5.58. The van der Waals surface area contributed by atoms with Crippen molar-refractivity contribution in [1.82, 2.24) is 0 Å². The zero-order valence-electron chi connectivity index (χ0n) is 19.4. The lowest BCUT2D eigenvalue weighted by Gasteiger charge is -2.22. The predicted molar refractivity (Wildman–Crippen MR) is 131 cm³/mol. The first-order valence-corrected chi connectivity index (χ1v) is 12.1. The van der Waals surface area contributed by atoms with Crippen LogP contribution in [-0.2, 0) is 19.2 Å². The number of rotatable bonds is 4. The molecule has 3 amide bonds. The van der Waals surface area contributed by atoms with Crippen molar-refractivity contribution in [3.05, 3.63) is 65.2 Å². The molecule has 2 aromatic carbocycles. The number of halogens is 1. The summed E-state index contributed by atoms with van der Waals surface area (Å²) >= 11 is 6.22. The lowest BCUT2D eigenvalue weighted by Crippen LogP contribution is -2.32. The van der Waals surface area contributed by atoms with E-state index in [1.807, 2.05) is 19.1 Å². The van der Waals surface area contributed by atoms with Crippen LogP contribution in [0.3, 0.4) is 0 Å². The van der Waals surface area contributed by atoms with Gasteiger partial charge in [0, 0.05) is 13.0 Å². The number of carbonyl (C=O) groups is 4. The van der Waals surface area contributed by atoms with E-state index in [2.05, 4.69) is 0 Å². The quantitative estimate of drug-likeness (QED) is 0.275. The van der Waals surface area contributed by atoms with Gasteiger partial charge in [-0.15, -0.1) is 0 Å². The SMILES string of the molecule is Cc1cc(OC(=O)[C@@H]2CC(=O)N(c3ccccc3Cl)C2)ccc1N1C(=O)[C@H]2[C@@H](C)C=CC[C@H]2C1=O. The summed E-state index contributed by atoms with van der Waals surface area (Å²) in [7, 11) is 0. The largest absolute Gasteiger partial charge is 0.426 e. The Morgan fingerprint density at radius 3 is 2.54 bits per heavy atom. The molecule has 0 unspecified atom stereocenters. The monoisotopic (exact) mass is 492 g/mol. The molecule has 2 aromatic rings. The summed E-state index contributed by atoms with van der Waals surface area (Å²) in [5.74, 6) is -2.07. The first-order chi connectivity index (χ1) is 16.8. The van der Waals surface area contributed by atoms with Crippen LogP contribution in [0.5, 0.6) is 5.75 Å². The molecule has 35 heavy (non-hydrogen) atoms. The zero-order chi connectivity index (χ0) is 24.9. The number of carbonyl (C=O) groups excluding carboxylic acids is 4. The van der Waals surface area contributed by atoms with Gasteiger partial charge in [0.05, 0.1) is 34.2 Å². The Balaban J connectivity index is 1.30. The molecule has 3 aliphatic rings. The van der Waals surface area contributed by atoms with Crippen molar-refractivity contribution in [3.63, 3.8) is 0 Å². The number of amides is 3. The van der Waals surface area contributed by atoms with E-state index in [4.69, 9.17) is 16.3 Å². The molecule has 0 N–H and O–H groups in total. The third kappa shape index (κ3) is 4.04. The van der Waals surface area contributed by atoms with Crippen LogP contribution in [0.2, 0.25) is 5.02 Å². The number of benzene rings is 2. The van der Waals surface area contributed by atoms with E-state index in [1.165, 1.54) is 9.80 Å². The van der Waals surface area contributed by atoms with Crippen LogP contribution < -0.4 is 14.5 Å². The molecule has 1 aliphatic carbocycles. The maximum Gasteiger partial charge on any atom is 0.316 e. The molecule has 2 saturated heterocycles. The Labute approximate surface area is 208 Å². The van der Waals surface area contributed by atoms with E-state index in [-0.39, 0.29) is 48.4 Å². The Morgan fingerprint density at radius 1 is 1.06 bits per heavy atom. The molecule has 2 heterocycles. The van der Waals surface area contributed by atoms with E-state index in [0.29, 0.717) is 34.1 Å². The molecule has 0 bridgehead atoms. The Bertz CT molecular complexity index is 1270. The highest BCUT2D eigenvalue weighted by atomic mass is 35.5. The van der Waals surface area contributed by atoms with E-state index in [1.54, 1.807) is 49.4 Å². The number of hydrogen-bond acceptors (Lipinski definition) is 5. The van der Waals surface area contributed by atoms with E-state index in [0.717, 1.165) is 0 Å². The summed E-state index contributed by atoms with van der Waals surface area (Å²) in [6.45, 7) is 3.91. The molecule has 0 spiro atoms. The van der Waals surface area contributed by atoms with Gasteiger partial charge in [0.1, 0.15) is 5.75 Å². The molecule has 180 valence electrons. The van der Waals surface area contributed by atoms with Crippen molar-refractivity contribution in [3.8, 4) is 5.75 Å². The Kier molecular flexibility index (Phi) is 5.97. The molecular weight excluding hydrogens is 468 g/mol. The van der Waals surface area contributed by atoms with Crippen molar-refractivity contribution in [2.24, 2.45) is 23.7 Å². The number of hydrogen-bond donors (Lipinski definition) is 0. The fourth-order valence-electron chi connectivity index (χ4n) is 5.30. The molecule has 2 fully saturated rings. The third-order valence-corrected chi connectivity index (χ3v) is 7.42. The van der Waals surface area contributed by atoms with Crippen LogP contribution in [0.15, 0.2) is 54.6 Å². The second-order valence-electron chi connectivity index (χ2n) is 9.39. The van der Waals surface area contributed by atoms with Crippen molar-refractivity contribution < 1.29 is 23.9 Å². The average molecular weight is 493 g/mol. The summed E-state index contributed by atoms with van der Waals surface area (Å²) in [5.41, 5.74) is 1.72. The van der Waals surface area contributed by atoms with Crippen molar-refractivity contribution >= 4 is 46.7 Å². The predicted octanol–water partition coefficient (Wildman–Crippen LogP) is 4.31. The van der Waals surface area contributed by atoms with Crippen molar-refractivity contribution in [2.45, 2.75) is 26.7 Å². The second-order valence-corrected chi connectivity index (χ2v) is 9.80. The fourth-order valence-corrected chi connectivity index (χ4v) is 5.53. The summed E-state index contributed by atoms with van der Waals surface area (Å²) in [6.07, 6.45) is 4.56. The van der Waals surface area contributed by atoms with Gasteiger partial charge in [-0.25, -0.2) is 4.90 Å². The summed E-state index contributed by atoms with van der Waals surface area (Å²) in [5, 5.41) is 0.442. The maximum atomic E-state index is 13.1. The standard InChI is InChI=1S/C27H25ClN2O5/c1-15-6-5-7-19-24(15)26(33)30(25(19)32)21-11-10-18(12-16(21)2)35-27(34)17-13-23(31)29(14-17)22-9-4-3-8-20(22)28/h3-6,8-12,15,17,19,24H,7,13-14H2,1-2H3/t15-,17+,19+,24-/m0/s1. The van der Waals surface area contributed by atoms with Crippen LogP contribution in [0.1, 0.15) is 25.3 Å². The molecule has 0 aromatic heterocycles. The highest BCUT2D eigenvalue weighted by Gasteiger charge is 2.50. The topological polar surface area (TPSA) is 84.0 Å². The van der Waals surface area contributed by atoms with Crippen molar-refractivity contribution in [1.29, 1.82) is 0 Å². The van der Waals surface area contributed by atoms with Crippen LogP contribution >= 0.6 is 11.6 Å². The second kappa shape index (κ2) is 8.96. The number of para-hydroxylation sites is 1. The maximum absolute atomic E-state index is 13.1. The van der Waals surface area contributed by atoms with E-state index >= 15 is 0 Å². The number of allylic oxidation sites excluding steroid dienone is 2. The molecule has 4 atom stereocenters. The normalized spacial score (nSPS) is 25.9. The van der Waals surface area contributed by atoms with Crippen LogP contribution in [0.25, 0.3) is 0 Å². The molecule has 5 rings (SSSR count). The van der Waals surface area contributed by atoms with Gasteiger partial charge in [-0.3, -0.25) is 19.2 Å². The summed E-state index contributed by atoms with van der Waals surface area (Å²) in [6, 6.07) is 11.9. The van der Waals surface area contributed by atoms with Gasteiger partial charge < -0.3 is 9.64 Å². The van der Waals surface area contributed by atoms with Gasteiger partial charge in [0.15, 0.2) is 0 Å². The van der Waals surface area contributed by atoms with Crippen LogP contribution in [0.4, 0.5) is 11.4 Å². The molecule has 0 radical (unpaired) electrons. The molecule has 0 saturated carbocycles. The Hall–Kier alpha value is -3.45. The van der Waals surface area contributed by atoms with Crippen LogP contribution in [-0.4, -0.2) is 30.2 Å². The average Bonchev–Trinajstić information content (AvgIpc) is 3.33. The van der Waals surface area contributed by atoms with Gasteiger partial charge in [-0.2, -0.15) is 0 Å².